The Morgan fingerprint density at radius 1 is 1.56 bits per heavy atom. The number of carbonyl (C=O) groups excluding carboxylic acids is 1. The third kappa shape index (κ3) is 5.31. The maximum Gasteiger partial charge on any atom is 0.323 e. The molecule has 0 fully saturated rings. The van der Waals surface area contributed by atoms with Crippen molar-refractivity contribution in [2.24, 2.45) is 0 Å². The maximum absolute atomic E-state index is 11.7. The van der Waals surface area contributed by atoms with Gasteiger partial charge in [-0.3, -0.25) is 9.48 Å². The molecule has 0 saturated heterocycles. The standard InChI is InChI=1S/C13H23N3O2/c1-10-8-15-16(9-10)7-6-14-11(2)12(17)18-13(3,4)5/h8-9,11,14H,6-7H2,1-5H3. The average Bonchev–Trinajstić information content (AvgIpc) is 2.61. The minimum atomic E-state index is -0.438. The Balaban J connectivity index is 2.28. The van der Waals surface area contributed by atoms with Crippen molar-refractivity contribution < 1.29 is 9.53 Å². The lowest BCUT2D eigenvalue weighted by molar-refractivity contribution is -0.156. The molecule has 0 saturated carbocycles. The van der Waals surface area contributed by atoms with Gasteiger partial charge in [0.25, 0.3) is 0 Å². The topological polar surface area (TPSA) is 56.2 Å². The first-order valence-corrected chi connectivity index (χ1v) is 6.23. The summed E-state index contributed by atoms with van der Waals surface area (Å²) >= 11 is 0. The lowest BCUT2D eigenvalue weighted by Crippen LogP contribution is -2.40. The Hall–Kier alpha value is -1.36. The molecule has 0 amide bonds. The molecule has 1 aromatic heterocycles. The predicted octanol–water partition coefficient (Wildman–Crippen LogP) is 1.51. The molecule has 1 unspecified atom stereocenters. The summed E-state index contributed by atoms with van der Waals surface area (Å²) in [5.74, 6) is -0.223. The molecule has 1 rings (SSSR count). The second-order valence-electron chi connectivity index (χ2n) is 5.49. The molecule has 0 radical (unpaired) electrons. The van der Waals surface area contributed by atoms with Crippen LogP contribution in [-0.4, -0.2) is 33.9 Å². The highest BCUT2D eigenvalue weighted by atomic mass is 16.6. The number of carbonyl (C=O) groups is 1. The number of hydrogen-bond acceptors (Lipinski definition) is 4. The molecule has 0 spiro atoms. The molecule has 102 valence electrons. The van der Waals surface area contributed by atoms with Gasteiger partial charge in [0.2, 0.25) is 0 Å². The molecule has 18 heavy (non-hydrogen) atoms. The van der Waals surface area contributed by atoms with E-state index < -0.39 is 5.60 Å². The monoisotopic (exact) mass is 253 g/mol. The van der Waals surface area contributed by atoms with Crippen molar-refractivity contribution in [3.8, 4) is 0 Å². The summed E-state index contributed by atoms with van der Waals surface area (Å²) < 4.78 is 7.13. The maximum atomic E-state index is 11.7. The van der Waals surface area contributed by atoms with Gasteiger partial charge in [-0.15, -0.1) is 0 Å². The highest BCUT2D eigenvalue weighted by Crippen LogP contribution is 2.08. The summed E-state index contributed by atoms with van der Waals surface area (Å²) in [6.45, 7) is 10.8. The molecule has 1 atom stereocenters. The molecular weight excluding hydrogens is 230 g/mol. The number of ether oxygens (including phenoxy) is 1. The van der Waals surface area contributed by atoms with E-state index in [2.05, 4.69) is 10.4 Å². The normalized spacial score (nSPS) is 13.4. The van der Waals surface area contributed by atoms with E-state index in [1.807, 2.05) is 51.7 Å². The average molecular weight is 253 g/mol. The number of nitrogens with one attached hydrogen (secondary N) is 1. The van der Waals surface area contributed by atoms with Gasteiger partial charge in [-0.05, 0) is 40.2 Å². The van der Waals surface area contributed by atoms with Gasteiger partial charge in [0.05, 0.1) is 12.7 Å². The SMILES string of the molecule is Cc1cnn(CCNC(C)C(=O)OC(C)(C)C)c1. The quantitative estimate of drug-likeness (QED) is 0.808. The van der Waals surface area contributed by atoms with Crippen LogP contribution in [0.5, 0.6) is 0 Å². The molecular formula is C13H23N3O2. The number of rotatable bonds is 5. The summed E-state index contributed by atoms with van der Waals surface area (Å²) in [5, 5.41) is 7.30. The fraction of sp³-hybridized carbons (Fsp3) is 0.692. The minimum absolute atomic E-state index is 0.223. The molecule has 1 heterocycles. The zero-order valence-corrected chi connectivity index (χ0v) is 11.9. The van der Waals surface area contributed by atoms with Gasteiger partial charge in [-0.25, -0.2) is 0 Å². The van der Waals surface area contributed by atoms with E-state index in [-0.39, 0.29) is 12.0 Å². The highest BCUT2D eigenvalue weighted by molar-refractivity contribution is 5.75. The largest absolute Gasteiger partial charge is 0.459 e. The van der Waals surface area contributed by atoms with E-state index in [9.17, 15) is 4.79 Å². The molecule has 0 aliphatic carbocycles. The second-order valence-corrected chi connectivity index (χ2v) is 5.49. The second kappa shape index (κ2) is 6.00. The van der Waals surface area contributed by atoms with Gasteiger partial charge >= 0.3 is 5.97 Å². The van der Waals surface area contributed by atoms with Crippen molar-refractivity contribution >= 4 is 5.97 Å². The Kier molecular flexibility index (Phi) is 4.90. The molecule has 5 heteroatoms. The lowest BCUT2D eigenvalue weighted by Gasteiger charge is -2.22. The fourth-order valence-corrected chi connectivity index (χ4v) is 1.46. The zero-order chi connectivity index (χ0) is 13.8. The summed E-state index contributed by atoms with van der Waals surface area (Å²) in [6, 6.07) is -0.305. The van der Waals surface area contributed by atoms with Crippen molar-refractivity contribution in [2.75, 3.05) is 6.54 Å². The van der Waals surface area contributed by atoms with Crippen molar-refractivity contribution in [1.82, 2.24) is 15.1 Å². The smallest absolute Gasteiger partial charge is 0.323 e. The molecule has 1 N–H and O–H groups in total. The number of aryl methyl sites for hydroxylation is 1. The first kappa shape index (κ1) is 14.7. The van der Waals surface area contributed by atoms with E-state index in [0.29, 0.717) is 6.54 Å². The lowest BCUT2D eigenvalue weighted by atomic mass is 10.2. The summed E-state index contributed by atoms with van der Waals surface area (Å²) in [4.78, 5) is 11.7. The Morgan fingerprint density at radius 2 is 2.22 bits per heavy atom. The van der Waals surface area contributed by atoms with Crippen LogP contribution in [0.1, 0.15) is 33.3 Å². The minimum Gasteiger partial charge on any atom is -0.459 e. The third-order valence-electron chi connectivity index (χ3n) is 2.31. The molecule has 1 aromatic rings. The summed E-state index contributed by atoms with van der Waals surface area (Å²) in [6.07, 6.45) is 3.79. The summed E-state index contributed by atoms with van der Waals surface area (Å²) in [7, 11) is 0. The van der Waals surface area contributed by atoms with Crippen LogP contribution in [0, 0.1) is 6.92 Å². The van der Waals surface area contributed by atoms with Crippen molar-refractivity contribution in [3.05, 3.63) is 18.0 Å². The first-order valence-electron chi connectivity index (χ1n) is 6.23. The molecule has 0 aliphatic rings. The van der Waals surface area contributed by atoms with E-state index >= 15 is 0 Å². The van der Waals surface area contributed by atoms with Crippen molar-refractivity contribution in [2.45, 2.75) is 52.8 Å². The molecule has 0 aromatic carbocycles. The van der Waals surface area contributed by atoms with E-state index in [0.717, 1.165) is 12.1 Å². The molecule has 5 nitrogen and oxygen atoms in total. The van der Waals surface area contributed by atoms with E-state index in [4.69, 9.17) is 4.74 Å². The Bertz CT molecular complexity index is 393. The van der Waals surface area contributed by atoms with Gasteiger partial charge < -0.3 is 10.1 Å². The van der Waals surface area contributed by atoms with Crippen molar-refractivity contribution in [3.63, 3.8) is 0 Å². The fourth-order valence-electron chi connectivity index (χ4n) is 1.46. The highest BCUT2D eigenvalue weighted by Gasteiger charge is 2.20. The number of aromatic nitrogens is 2. The van der Waals surface area contributed by atoms with Gasteiger partial charge in [-0.1, -0.05) is 0 Å². The van der Waals surface area contributed by atoms with Crippen LogP contribution in [-0.2, 0) is 16.1 Å². The predicted molar refractivity (Wildman–Crippen MR) is 70.3 cm³/mol. The van der Waals surface area contributed by atoms with Crippen LogP contribution in [0.3, 0.4) is 0 Å². The Labute approximate surface area is 109 Å². The van der Waals surface area contributed by atoms with Crippen LogP contribution in [0.25, 0.3) is 0 Å². The Morgan fingerprint density at radius 3 is 2.72 bits per heavy atom. The van der Waals surface area contributed by atoms with Crippen LogP contribution in [0.2, 0.25) is 0 Å². The van der Waals surface area contributed by atoms with Gasteiger partial charge in [0.1, 0.15) is 11.6 Å². The number of hydrogen-bond donors (Lipinski definition) is 1. The van der Waals surface area contributed by atoms with E-state index in [1.165, 1.54) is 0 Å². The van der Waals surface area contributed by atoms with Gasteiger partial charge in [0, 0.05) is 12.7 Å². The van der Waals surface area contributed by atoms with Gasteiger partial charge in [0.15, 0.2) is 0 Å². The van der Waals surface area contributed by atoms with Crippen LogP contribution in [0.4, 0.5) is 0 Å². The van der Waals surface area contributed by atoms with Crippen LogP contribution < -0.4 is 5.32 Å². The van der Waals surface area contributed by atoms with Crippen LogP contribution >= 0.6 is 0 Å². The summed E-state index contributed by atoms with van der Waals surface area (Å²) in [5.41, 5.74) is 0.696. The molecule has 0 aliphatic heterocycles. The van der Waals surface area contributed by atoms with E-state index in [1.54, 1.807) is 0 Å². The van der Waals surface area contributed by atoms with Crippen LogP contribution in [0.15, 0.2) is 12.4 Å². The van der Waals surface area contributed by atoms with Gasteiger partial charge in [-0.2, -0.15) is 5.10 Å². The zero-order valence-electron chi connectivity index (χ0n) is 11.9. The van der Waals surface area contributed by atoms with Crippen molar-refractivity contribution in [1.29, 1.82) is 0 Å². The number of nitrogens with zero attached hydrogens (tertiary/aromatic N) is 2. The first-order chi connectivity index (χ1) is 8.28. The number of esters is 1. The molecule has 0 bridgehead atoms. The third-order valence-corrected chi connectivity index (χ3v) is 2.31.